The van der Waals surface area contributed by atoms with E-state index in [-0.39, 0.29) is 11.7 Å². The second-order valence-electron chi connectivity index (χ2n) is 9.14. The van der Waals surface area contributed by atoms with E-state index in [1.165, 1.54) is 45.3 Å². The van der Waals surface area contributed by atoms with Gasteiger partial charge in [0.05, 0.1) is 11.7 Å². The number of carbonyl (C=O) groups is 1. The van der Waals surface area contributed by atoms with Gasteiger partial charge in [0.1, 0.15) is 5.82 Å². The number of benzene rings is 1. The summed E-state index contributed by atoms with van der Waals surface area (Å²) in [5.74, 6) is 0.642. The zero-order valence-corrected chi connectivity index (χ0v) is 21.2. The molecule has 190 valence electrons. The standard InChI is InChI=1S/C17H18N4O3.C9H20N2/c1-9(2)24-16-13-5-4-11(17(22)23)7-12(13)8-14(19-16)18-15-6-10(3)20-21-15;1-10-6-5-9-11-7-3-2-4-8-11/h4-9H,1-3H3,(H,22,23)(H2,18,19,20,21);10H,2-9H2,1H3. The molecule has 0 saturated carbocycles. The molecule has 0 bridgehead atoms. The number of likely N-dealkylation sites (tertiary alicyclic amines) is 1. The first-order valence-corrected chi connectivity index (χ1v) is 12.4. The summed E-state index contributed by atoms with van der Waals surface area (Å²) >= 11 is 0. The normalized spacial score (nSPS) is 14.0. The van der Waals surface area contributed by atoms with E-state index in [9.17, 15) is 9.90 Å². The Kier molecular flexibility index (Phi) is 9.86. The first kappa shape index (κ1) is 26.4. The molecule has 0 spiro atoms. The van der Waals surface area contributed by atoms with E-state index in [0.29, 0.717) is 17.5 Å². The average molecular weight is 483 g/mol. The van der Waals surface area contributed by atoms with Gasteiger partial charge in [-0.1, -0.05) is 6.42 Å². The van der Waals surface area contributed by atoms with E-state index >= 15 is 0 Å². The summed E-state index contributed by atoms with van der Waals surface area (Å²) in [6.07, 6.45) is 5.53. The van der Waals surface area contributed by atoms with Gasteiger partial charge in [-0.15, -0.1) is 0 Å². The Labute approximate surface area is 207 Å². The first-order chi connectivity index (χ1) is 16.9. The molecule has 35 heavy (non-hydrogen) atoms. The lowest BCUT2D eigenvalue weighted by Gasteiger charge is -2.26. The number of nitrogens with one attached hydrogen (secondary N) is 3. The number of rotatable bonds is 9. The van der Waals surface area contributed by atoms with Gasteiger partial charge < -0.3 is 25.4 Å². The highest BCUT2D eigenvalue weighted by molar-refractivity contribution is 5.97. The minimum Gasteiger partial charge on any atom is -0.478 e. The second-order valence-corrected chi connectivity index (χ2v) is 9.14. The molecule has 0 atom stereocenters. The lowest BCUT2D eigenvalue weighted by molar-refractivity contribution is 0.0697. The minimum atomic E-state index is -0.975. The van der Waals surface area contributed by atoms with E-state index in [4.69, 9.17) is 4.74 Å². The Morgan fingerprint density at radius 1 is 1.17 bits per heavy atom. The highest BCUT2D eigenvalue weighted by Gasteiger charge is 2.13. The van der Waals surface area contributed by atoms with E-state index < -0.39 is 5.97 Å². The molecule has 4 N–H and O–H groups in total. The lowest BCUT2D eigenvalue weighted by atomic mass is 10.1. The number of pyridine rings is 1. The molecule has 0 amide bonds. The summed E-state index contributed by atoms with van der Waals surface area (Å²) < 4.78 is 5.78. The van der Waals surface area contributed by atoms with Crippen LogP contribution < -0.4 is 15.4 Å². The molecule has 1 saturated heterocycles. The van der Waals surface area contributed by atoms with Crippen molar-refractivity contribution < 1.29 is 14.6 Å². The van der Waals surface area contributed by atoms with Crippen molar-refractivity contribution in [3.05, 3.63) is 41.6 Å². The molecule has 3 aromatic rings. The molecule has 0 unspecified atom stereocenters. The highest BCUT2D eigenvalue weighted by Crippen LogP contribution is 2.29. The number of nitrogens with zero attached hydrogens (tertiary/aromatic N) is 3. The summed E-state index contributed by atoms with van der Waals surface area (Å²) in [7, 11) is 2.02. The van der Waals surface area contributed by atoms with Crippen molar-refractivity contribution in [1.82, 2.24) is 25.4 Å². The number of hydrogen-bond acceptors (Lipinski definition) is 7. The Hall–Kier alpha value is -3.17. The van der Waals surface area contributed by atoms with Crippen LogP contribution in [0.5, 0.6) is 5.88 Å². The van der Waals surface area contributed by atoms with Gasteiger partial charge in [0.25, 0.3) is 0 Å². The molecule has 1 aliphatic heterocycles. The molecule has 4 rings (SSSR count). The third-order valence-electron chi connectivity index (χ3n) is 5.70. The van der Waals surface area contributed by atoms with Crippen LogP contribution in [0.1, 0.15) is 55.6 Å². The number of carboxylic acids is 1. The number of carboxylic acid groups (broad SMARTS) is 1. The van der Waals surface area contributed by atoms with Crippen molar-refractivity contribution >= 4 is 28.4 Å². The zero-order valence-electron chi connectivity index (χ0n) is 21.2. The summed E-state index contributed by atoms with van der Waals surface area (Å²) in [4.78, 5) is 18.3. The molecule has 0 aliphatic carbocycles. The molecular weight excluding hydrogens is 444 g/mol. The van der Waals surface area contributed by atoms with Gasteiger partial charge >= 0.3 is 5.97 Å². The average Bonchev–Trinajstić information content (AvgIpc) is 3.24. The number of H-pyrrole nitrogens is 1. The maximum atomic E-state index is 11.2. The van der Waals surface area contributed by atoms with Gasteiger partial charge in [-0.2, -0.15) is 10.1 Å². The van der Waals surface area contributed by atoms with Crippen molar-refractivity contribution in [1.29, 1.82) is 0 Å². The number of aryl methyl sites for hydroxylation is 1. The van der Waals surface area contributed by atoms with E-state index in [0.717, 1.165) is 23.0 Å². The number of aromatic nitrogens is 3. The van der Waals surface area contributed by atoms with Gasteiger partial charge in [0.2, 0.25) is 5.88 Å². The summed E-state index contributed by atoms with van der Waals surface area (Å²) in [6, 6.07) is 8.49. The third-order valence-corrected chi connectivity index (χ3v) is 5.70. The molecule has 9 nitrogen and oxygen atoms in total. The largest absolute Gasteiger partial charge is 0.478 e. The highest BCUT2D eigenvalue weighted by atomic mass is 16.5. The molecule has 1 aromatic carbocycles. The molecule has 2 aromatic heterocycles. The van der Waals surface area contributed by atoms with E-state index in [2.05, 4.69) is 30.7 Å². The number of piperidine rings is 1. The first-order valence-electron chi connectivity index (χ1n) is 12.4. The molecule has 1 aliphatic rings. The van der Waals surface area contributed by atoms with Crippen LogP contribution in [-0.4, -0.2) is 70.5 Å². The van der Waals surface area contributed by atoms with Crippen LogP contribution in [0.4, 0.5) is 11.6 Å². The van der Waals surface area contributed by atoms with Gasteiger partial charge in [0.15, 0.2) is 5.82 Å². The van der Waals surface area contributed by atoms with Crippen molar-refractivity contribution in [2.24, 2.45) is 0 Å². The maximum absolute atomic E-state index is 11.2. The van der Waals surface area contributed by atoms with Crippen LogP contribution in [0.25, 0.3) is 10.8 Å². The quantitative estimate of drug-likeness (QED) is 0.328. The molecule has 1 fully saturated rings. The van der Waals surface area contributed by atoms with Gasteiger partial charge in [-0.05, 0) is 103 Å². The minimum absolute atomic E-state index is 0.0530. The monoisotopic (exact) mass is 482 g/mol. The smallest absolute Gasteiger partial charge is 0.335 e. The fourth-order valence-electron chi connectivity index (χ4n) is 4.01. The molecule has 3 heterocycles. The number of anilines is 2. The number of fused-ring (bicyclic) bond motifs is 1. The van der Waals surface area contributed by atoms with Crippen molar-refractivity contribution in [2.75, 3.05) is 38.5 Å². The maximum Gasteiger partial charge on any atom is 0.335 e. The van der Waals surface area contributed by atoms with Crippen molar-refractivity contribution in [2.45, 2.75) is 52.6 Å². The van der Waals surface area contributed by atoms with Gasteiger partial charge in [-0.25, -0.2) is 4.79 Å². The Bertz CT molecular complexity index is 1090. The summed E-state index contributed by atoms with van der Waals surface area (Å²) in [5.41, 5.74) is 1.14. The SMILES string of the molecule is CNCCCN1CCCCC1.Cc1cc(Nc2cc3cc(C(=O)O)ccc3c(OC(C)C)n2)n[nH]1. The summed E-state index contributed by atoms with van der Waals surface area (Å²) in [5, 5.41) is 23.9. The van der Waals surface area contributed by atoms with Crippen LogP contribution in [-0.2, 0) is 0 Å². The topological polar surface area (TPSA) is 115 Å². The number of aromatic carboxylic acids is 1. The predicted octanol–water partition coefficient (Wildman–Crippen LogP) is 4.58. The number of ether oxygens (including phenoxy) is 1. The van der Waals surface area contributed by atoms with E-state index in [1.807, 2.05) is 33.9 Å². The summed E-state index contributed by atoms with van der Waals surface area (Å²) in [6.45, 7) is 10.9. The van der Waals surface area contributed by atoms with Crippen LogP contribution in [0, 0.1) is 6.92 Å². The zero-order chi connectivity index (χ0) is 25.2. The van der Waals surface area contributed by atoms with Gasteiger partial charge in [0, 0.05) is 17.1 Å². The van der Waals surface area contributed by atoms with E-state index in [1.54, 1.807) is 24.3 Å². The number of aromatic amines is 1. The molecular formula is C26H38N6O3. The van der Waals surface area contributed by atoms with Crippen LogP contribution >= 0.6 is 0 Å². The predicted molar refractivity (Wildman–Crippen MR) is 140 cm³/mol. The Balaban J connectivity index is 0.000000261. The number of hydrogen-bond donors (Lipinski definition) is 4. The fraction of sp³-hybridized carbons (Fsp3) is 0.500. The Morgan fingerprint density at radius 2 is 1.94 bits per heavy atom. The lowest BCUT2D eigenvalue weighted by Crippen LogP contribution is -2.31. The fourth-order valence-corrected chi connectivity index (χ4v) is 4.01. The second kappa shape index (κ2) is 13.1. The van der Waals surface area contributed by atoms with Crippen LogP contribution in [0.3, 0.4) is 0 Å². The van der Waals surface area contributed by atoms with Crippen LogP contribution in [0.15, 0.2) is 30.3 Å². The van der Waals surface area contributed by atoms with Crippen LogP contribution in [0.2, 0.25) is 0 Å². The third kappa shape index (κ3) is 8.22. The molecule has 0 radical (unpaired) electrons. The van der Waals surface area contributed by atoms with Crippen molar-refractivity contribution in [3.63, 3.8) is 0 Å². The van der Waals surface area contributed by atoms with Crippen molar-refractivity contribution in [3.8, 4) is 5.88 Å². The Morgan fingerprint density at radius 3 is 2.57 bits per heavy atom. The molecule has 9 heteroatoms. The van der Waals surface area contributed by atoms with Gasteiger partial charge in [-0.3, -0.25) is 5.10 Å².